The van der Waals surface area contributed by atoms with Crippen molar-refractivity contribution in [3.63, 3.8) is 0 Å². The summed E-state index contributed by atoms with van der Waals surface area (Å²) >= 11 is 0. The Morgan fingerprint density at radius 3 is 2.10 bits per heavy atom. The van der Waals surface area contributed by atoms with E-state index in [2.05, 4.69) is 11.3 Å². The summed E-state index contributed by atoms with van der Waals surface area (Å²) in [5.74, 6) is 0. The first-order chi connectivity index (χ1) is 4.95. The first-order valence-corrected chi connectivity index (χ1v) is 4.54. The molecule has 2 bridgehead atoms. The maximum Gasteiger partial charge on any atom is 0.0117 e. The molecule has 1 radical (unpaired) electrons. The third-order valence-corrected chi connectivity index (χ3v) is 3.52. The summed E-state index contributed by atoms with van der Waals surface area (Å²) in [5.41, 5.74) is 0. The van der Waals surface area contributed by atoms with Crippen LogP contribution in [-0.4, -0.2) is 23.0 Å². The van der Waals surface area contributed by atoms with E-state index in [1.54, 1.807) is 0 Å². The highest BCUT2D eigenvalue weighted by molar-refractivity contribution is 5.07. The molecule has 2 saturated heterocycles. The van der Waals surface area contributed by atoms with E-state index in [0.29, 0.717) is 0 Å². The van der Waals surface area contributed by atoms with Crippen LogP contribution < -0.4 is 0 Å². The van der Waals surface area contributed by atoms with Gasteiger partial charge in [0.15, 0.2) is 0 Å². The number of rotatable bonds is 1. The summed E-state index contributed by atoms with van der Waals surface area (Å²) in [6, 6.07) is 3.01. The lowest BCUT2D eigenvalue weighted by Gasteiger charge is -2.49. The van der Waals surface area contributed by atoms with Crippen molar-refractivity contribution in [3.8, 4) is 0 Å². The standard InChI is InChI=1S/C9H14N/c1-2-7(3-1)10-8-4-5-9(10)6-8/h1,7-9H,2-6H2. The summed E-state index contributed by atoms with van der Waals surface area (Å²) in [6.45, 7) is 0. The van der Waals surface area contributed by atoms with Gasteiger partial charge in [-0.3, -0.25) is 4.90 Å². The third kappa shape index (κ3) is 0.531. The molecular weight excluding hydrogens is 122 g/mol. The Labute approximate surface area is 62.4 Å². The minimum absolute atomic E-state index is 0.978. The van der Waals surface area contributed by atoms with Gasteiger partial charge in [0.1, 0.15) is 0 Å². The first kappa shape index (κ1) is 5.59. The van der Waals surface area contributed by atoms with Crippen molar-refractivity contribution in [2.45, 2.75) is 50.2 Å². The van der Waals surface area contributed by atoms with Crippen LogP contribution in [0.1, 0.15) is 32.1 Å². The molecule has 2 atom stereocenters. The Morgan fingerprint density at radius 2 is 1.70 bits per heavy atom. The van der Waals surface area contributed by atoms with E-state index in [0.717, 1.165) is 18.1 Å². The molecule has 0 N–H and O–H groups in total. The van der Waals surface area contributed by atoms with Gasteiger partial charge in [0.05, 0.1) is 0 Å². The van der Waals surface area contributed by atoms with Gasteiger partial charge in [-0.15, -0.1) is 0 Å². The largest absolute Gasteiger partial charge is 0.294 e. The maximum atomic E-state index is 2.78. The lowest BCUT2D eigenvalue weighted by Crippen LogP contribution is -2.56. The number of hydrogen-bond acceptors (Lipinski definition) is 1. The fourth-order valence-corrected chi connectivity index (χ4v) is 2.79. The molecule has 4 fully saturated rings. The molecule has 0 aromatic carbocycles. The van der Waals surface area contributed by atoms with Crippen LogP contribution in [0.4, 0.5) is 0 Å². The van der Waals surface area contributed by atoms with E-state index < -0.39 is 0 Å². The van der Waals surface area contributed by atoms with Crippen LogP contribution in [0, 0.1) is 6.42 Å². The van der Waals surface area contributed by atoms with E-state index in [1.165, 1.54) is 32.1 Å². The van der Waals surface area contributed by atoms with Gasteiger partial charge in [0.25, 0.3) is 0 Å². The molecule has 0 aromatic rings. The molecule has 1 heteroatoms. The Bertz CT molecular complexity index is 137. The normalized spacial score (nSPS) is 46.8. The van der Waals surface area contributed by atoms with Crippen molar-refractivity contribution in [2.24, 2.45) is 0 Å². The Hall–Kier alpha value is -0.0400. The fraction of sp³-hybridized carbons (Fsp3) is 0.889. The first-order valence-electron chi connectivity index (χ1n) is 4.54. The molecule has 2 aliphatic heterocycles. The zero-order valence-electron chi connectivity index (χ0n) is 6.29. The molecular formula is C9H14N. The second kappa shape index (κ2) is 1.76. The highest BCUT2D eigenvalue weighted by atomic mass is 15.3. The van der Waals surface area contributed by atoms with E-state index in [-0.39, 0.29) is 0 Å². The average molecular weight is 136 g/mol. The van der Waals surface area contributed by atoms with E-state index in [4.69, 9.17) is 0 Å². The monoisotopic (exact) mass is 136 g/mol. The molecule has 2 saturated carbocycles. The second-order valence-electron chi connectivity index (χ2n) is 3.98. The van der Waals surface area contributed by atoms with Crippen molar-refractivity contribution >= 4 is 0 Å². The lowest BCUT2D eigenvalue weighted by atomic mass is 9.86. The van der Waals surface area contributed by atoms with Gasteiger partial charge in [-0.25, -0.2) is 0 Å². The van der Waals surface area contributed by atoms with Crippen LogP contribution in [0.3, 0.4) is 0 Å². The highest BCUT2D eigenvalue weighted by Gasteiger charge is 2.48. The van der Waals surface area contributed by atoms with Gasteiger partial charge in [0, 0.05) is 18.1 Å². The number of fused-ring (bicyclic) bond motifs is 1. The van der Waals surface area contributed by atoms with Crippen molar-refractivity contribution in [2.75, 3.05) is 0 Å². The lowest BCUT2D eigenvalue weighted by molar-refractivity contribution is 0.0112. The Morgan fingerprint density at radius 1 is 1.00 bits per heavy atom. The summed E-state index contributed by atoms with van der Waals surface area (Å²) < 4.78 is 0. The fourth-order valence-electron chi connectivity index (χ4n) is 2.79. The van der Waals surface area contributed by atoms with Crippen LogP contribution in [0.5, 0.6) is 0 Å². The van der Waals surface area contributed by atoms with Gasteiger partial charge < -0.3 is 0 Å². The van der Waals surface area contributed by atoms with E-state index in [1.807, 2.05) is 0 Å². The molecule has 0 aromatic heterocycles. The molecule has 2 aliphatic carbocycles. The molecule has 2 unspecified atom stereocenters. The van der Waals surface area contributed by atoms with Crippen molar-refractivity contribution in [1.29, 1.82) is 0 Å². The zero-order chi connectivity index (χ0) is 6.55. The van der Waals surface area contributed by atoms with Gasteiger partial charge in [-0.2, -0.15) is 0 Å². The third-order valence-electron chi connectivity index (χ3n) is 3.52. The molecule has 4 rings (SSSR count). The molecule has 2 heterocycles. The summed E-state index contributed by atoms with van der Waals surface area (Å²) in [7, 11) is 0. The summed E-state index contributed by atoms with van der Waals surface area (Å²) in [4.78, 5) is 2.78. The molecule has 10 heavy (non-hydrogen) atoms. The molecule has 0 spiro atoms. The quantitative estimate of drug-likeness (QED) is 0.529. The van der Waals surface area contributed by atoms with Crippen molar-refractivity contribution in [3.05, 3.63) is 6.42 Å². The maximum absolute atomic E-state index is 2.78. The van der Waals surface area contributed by atoms with Gasteiger partial charge in [-0.05, 0) is 38.5 Å². The van der Waals surface area contributed by atoms with Crippen LogP contribution in [0.25, 0.3) is 0 Å². The SMILES string of the molecule is [CH]1CC(N2C3CCC2C3)C1. The Kier molecular flexibility index (Phi) is 0.984. The summed E-state index contributed by atoms with van der Waals surface area (Å²) in [5, 5.41) is 0. The average Bonchev–Trinajstić information content (AvgIpc) is 2.33. The van der Waals surface area contributed by atoms with E-state index >= 15 is 0 Å². The number of nitrogens with zero attached hydrogens (tertiary/aromatic N) is 1. The van der Waals surface area contributed by atoms with Crippen molar-refractivity contribution < 1.29 is 0 Å². The van der Waals surface area contributed by atoms with E-state index in [9.17, 15) is 0 Å². The van der Waals surface area contributed by atoms with Crippen LogP contribution in [0.15, 0.2) is 0 Å². The molecule has 4 aliphatic rings. The van der Waals surface area contributed by atoms with Gasteiger partial charge in [0.2, 0.25) is 0 Å². The minimum Gasteiger partial charge on any atom is -0.294 e. The predicted octanol–water partition coefficient (Wildman–Crippen LogP) is 1.59. The Balaban J connectivity index is 1.72. The van der Waals surface area contributed by atoms with Crippen LogP contribution in [0.2, 0.25) is 0 Å². The van der Waals surface area contributed by atoms with Crippen LogP contribution >= 0.6 is 0 Å². The van der Waals surface area contributed by atoms with Gasteiger partial charge >= 0.3 is 0 Å². The van der Waals surface area contributed by atoms with Gasteiger partial charge in [-0.1, -0.05) is 0 Å². The molecule has 55 valence electrons. The molecule has 1 nitrogen and oxygen atoms in total. The highest BCUT2D eigenvalue weighted by Crippen LogP contribution is 2.45. The summed E-state index contributed by atoms with van der Waals surface area (Å²) in [6.07, 6.45) is 9.71. The molecule has 0 amide bonds. The second-order valence-corrected chi connectivity index (χ2v) is 3.98. The topological polar surface area (TPSA) is 3.24 Å². The minimum atomic E-state index is 0.978. The number of hydrogen-bond donors (Lipinski definition) is 0. The zero-order valence-corrected chi connectivity index (χ0v) is 6.29. The van der Waals surface area contributed by atoms with Crippen LogP contribution in [-0.2, 0) is 0 Å². The van der Waals surface area contributed by atoms with Crippen molar-refractivity contribution in [1.82, 2.24) is 4.90 Å². The smallest absolute Gasteiger partial charge is 0.0117 e. The predicted molar refractivity (Wildman–Crippen MR) is 40.6 cm³/mol.